The molecule has 0 spiro atoms. The highest BCUT2D eigenvalue weighted by atomic mass is 35.5. The second-order valence-corrected chi connectivity index (χ2v) is 13.3. The van der Waals surface area contributed by atoms with Gasteiger partial charge in [-0.2, -0.15) is 0 Å². The molecular formula is C39H35ClN4O8P+. The number of aromatic nitrogens is 3. The number of benzene rings is 4. The first kappa shape index (κ1) is 36.2. The SMILES string of the molecule is COc1ccc(C(OC[C@H]2O[C@@H](n3cc(Cl)c4c(NC(=O)c5ccccc5)ncnc43)C[C@@H]2O[P+](=O)O)(c2ccccc2)c2ccc(OC)cc2)cc1. The van der Waals surface area contributed by atoms with E-state index in [4.69, 9.17) is 35.1 Å². The molecule has 7 rings (SSSR count). The third-order valence-electron chi connectivity index (χ3n) is 9.18. The molecule has 3 heterocycles. The Morgan fingerprint density at radius 2 is 1.49 bits per heavy atom. The summed E-state index contributed by atoms with van der Waals surface area (Å²) in [6, 6.07) is 33.7. The van der Waals surface area contributed by atoms with Gasteiger partial charge in [-0.05, 0) is 53.1 Å². The number of halogens is 1. The van der Waals surface area contributed by atoms with Crippen molar-refractivity contribution in [3.8, 4) is 11.5 Å². The lowest BCUT2D eigenvalue weighted by Crippen LogP contribution is -2.38. The zero-order chi connectivity index (χ0) is 37.0. The Hall–Kier alpha value is -5.20. The zero-order valence-corrected chi connectivity index (χ0v) is 30.3. The number of hydrogen-bond acceptors (Lipinski definition) is 9. The van der Waals surface area contributed by atoms with Gasteiger partial charge < -0.3 is 28.8 Å². The summed E-state index contributed by atoms with van der Waals surface area (Å²) < 4.78 is 43.9. The molecule has 1 aliphatic heterocycles. The number of fused-ring (bicyclic) bond motifs is 1. The summed E-state index contributed by atoms with van der Waals surface area (Å²) in [7, 11) is 0.214. The van der Waals surface area contributed by atoms with Gasteiger partial charge in [0.05, 0.1) is 31.2 Å². The van der Waals surface area contributed by atoms with E-state index in [0.29, 0.717) is 28.1 Å². The van der Waals surface area contributed by atoms with Gasteiger partial charge in [-0.1, -0.05) is 84.4 Å². The Labute approximate surface area is 311 Å². The molecule has 2 N–H and O–H groups in total. The van der Waals surface area contributed by atoms with Crippen LogP contribution in [0.4, 0.5) is 5.82 Å². The van der Waals surface area contributed by atoms with Gasteiger partial charge >= 0.3 is 8.25 Å². The third-order valence-corrected chi connectivity index (χ3v) is 9.92. The molecule has 4 aromatic carbocycles. The van der Waals surface area contributed by atoms with Crippen LogP contribution in [-0.2, 0) is 24.2 Å². The molecule has 0 radical (unpaired) electrons. The van der Waals surface area contributed by atoms with Crippen LogP contribution in [0.15, 0.2) is 122 Å². The molecule has 1 aliphatic rings. The largest absolute Gasteiger partial charge is 0.695 e. The van der Waals surface area contributed by atoms with Gasteiger partial charge in [-0.25, -0.2) is 9.97 Å². The van der Waals surface area contributed by atoms with Crippen molar-refractivity contribution in [3.05, 3.63) is 149 Å². The van der Waals surface area contributed by atoms with Crippen LogP contribution in [0.3, 0.4) is 0 Å². The van der Waals surface area contributed by atoms with Crippen molar-refractivity contribution in [1.82, 2.24) is 14.5 Å². The average molecular weight is 754 g/mol. The van der Waals surface area contributed by atoms with Crippen LogP contribution in [0.25, 0.3) is 11.0 Å². The third kappa shape index (κ3) is 7.38. The Morgan fingerprint density at radius 1 is 0.906 bits per heavy atom. The van der Waals surface area contributed by atoms with E-state index in [1.54, 1.807) is 49.2 Å². The predicted octanol–water partition coefficient (Wildman–Crippen LogP) is 7.69. The molecule has 0 saturated carbocycles. The minimum absolute atomic E-state index is 0.0579. The molecule has 270 valence electrons. The van der Waals surface area contributed by atoms with Gasteiger partial charge in [0.2, 0.25) is 0 Å². The van der Waals surface area contributed by atoms with Crippen molar-refractivity contribution in [1.29, 1.82) is 0 Å². The number of rotatable bonds is 13. The van der Waals surface area contributed by atoms with Crippen molar-refractivity contribution in [3.63, 3.8) is 0 Å². The maximum absolute atomic E-state index is 13.0. The monoisotopic (exact) mass is 753 g/mol. The average Bonchev–Trinajstić information content (AvgIpc) is 3.76. The number of nitrogens with zero attached hydrogens (tertiary/aromatic N) is 3. The molecule has 53 heavy (non-hydrogen) atoms. The van der Waals surface area contributed by atoms with E-state index < -0.39 is 32.3 Å². The van der Waals surface area contributed by atoms with Crippen LogP contribution in [0.5, 0.6) is 11.5 Å². The molecular weight excluding hydrogens is 719 g/mol. The van der Waals surface area contributed by atoms with Gasteiger partial charge in [-0.3, -0.25) is 4.79 Å². The fourth-order valence-electron chi connectivity index (χ4n) is 6.65. The van der Waals surface area contributed by atoms with Gasteiger partial charge in [0.1, 0.15) is 53.3 Å². The molecule has 4 atom stereocenters. The molecule has 1 amide bonds. The number of methoxy groups -OCH3 is 2. The number of carbonyl (C=O) groups excluding carboxylic acids is 1. The van der Waals surface area contributed by atoms with Crippen molar-refractivity contribution >= 4 is 42.6 Å². The Kier molecular flexibility index (Phi) is 10.8. The van der Waals surface area contributed by atoms with Gasteiger partial charge in [0, 0.05) is 22.7 Å². The Balaban J connectivity index is 1.24. The van der Waals surface area contributed by atoms with E-state index in [2.05, 4.69) is 15.3 Å². The maximum Gasteiger partial charge on any atom is 0.695 e. The highest BCUT2D eigenvalue weighted by molar-refractivity contribution is 7.32. The van der Waals surface area contributed by atoms with Crippen molar-refractivity contribution in [2.45, 2.75) is 30.5 Å². The highest BCUT2D eigenvalue weighted by Gasteiger charge is 2.46. The first-order valence-electron chi connectivity index (χ1n) is 16.6. The zero-order valence-electron chi connectivity index (χ0n) is 28.7. The smallest absolute Gasteiger partial charge is 0.497 e. The lowest BCUT2D eigenvalue weighted by Gasteiger charge is -2.37. The first-order valence-corrected chi connectivity index (χ1v) is 18.2. The van der Waals surface area contributed by atoms with E-state index in [-0.39, 0.29) is 29.8 Å². The summed E-state index contributed by atoms with van der Waals surface area (Å²) in [5.41, 5.74) is 2.11. The minimum Gasteiger partial charge on any atom is -0.497 e. The van der Waals surface area contributed by atoms with Crippen LogP contribution in [0.1, 0.15) is 39.7 Å². The van der Waals surface area contributed by atoms with E-state index in [1.807, 2.05) is 84.9 Å². The van der Waals surface area contributed by atoms with E-state index in [0.717, 1.165) is 16.7 Å². The van der Waals surface area contributed by atoms with Gasteiger partial charge in [0.25, 0.3) is 5.91 Å². The Morgan fingerprint density at radius 3 is 2.08 bits per heavy atom. The lowest BCUT2D eigenvalue weighted by molar-refractivity contribution is -0.0902. The minimum atomic E-state index is -3.00. The van der Waals surface area contributed by atoms with Crippen LogP contribution in [0.2, 0.25) is 5.02 Å². The maximum atomic E-state index is 13.0. The normalized spacial score (nSPS) is 17.4. The fourth-order valence-corrected chi connectivity index (χ4v) is 7.39. The standard InChI is InChI=1S/C39H34ClN4O8P/c1-48-29-17-13-27(14-18-29)39(26-11-7-4-8-12-26,28-15-19-30(49-2)20-16-28)50-23-33-32(52-53(46)47)21-34(51-33)44-22-31(40)35-36(41-24-42-37(35)44)43-38(45)25-9-5-3-6-10-25/h3-20,22,24,32-34H,21,23H2,1-2H3,(H-,41,42,43,45,46,47)/p+1/t32-,33+,34+/m0/s1. The Bertz CT molecular complexity index is 2160. The molecule has 6 aromatic rings. The molecule has 1 fully saturated rings. The van der Waals surface area contributed by atoms with Crippen LogP contribution in [0, 0.1) is 0 Å². The molecule has 0 bridgehead atoms. The van der Waals surface area contributed by atoms with Crippen LogP contribution < -0.4 is 14.8 Å². The quantitative estimate of drug-likeness (QED) is 0.0890. The number of carbonyl (C=O) groups is 1. The van der Waals surface area contributed by atoms with Crippen LogP contribution >= 0.6 is 19.9 Å². The number of nitrogens with one attached hydrogen (secondary N) is 1. The number of anilines is 1. The first-order chi connectivity index (χ1) is 25.8. The molecule has 12 nitrogen and oxygen atoms in total. The molecule has 14 heteroatoms. The van der Waals surface area contributed by atoms with Crippen molar-refractivity contribution < 1.29 is 37.7 Å². The summed E-state index contributed by atoms with van der Waals surface area (Å²) in [6.45, 7) is -0.0579. The predicted molar refractivity (Wildman–Crippen MR) is 198 cm³/mol. The summed E-state index contributed by atoms with van der Waals surface area (Å²) in [4.78, 5) is 31.7. The van der Waals surface area contributed by atoms with Gasteiger partial charge in [-0.15, -0.1) is 9.42 Å². The summed E-state index contributed by atoms with van der Waals surface area (Å²) in [5.74, 6) is 1.22. The molecule has 2 aromatic heterocycles. The molecule has 1 saturated heterocycles. The van der Waals surface area contributed by atoms with E-state index in [9.17, 15) is 14.3 Å². The number of amides is 1. The lowest BCUT2D eigenvalue weighted by atomic mass is 9.80. The second kappa shape index (κ2) is 15.8. The topological polar surface area (TPSA) is 143 Å². The fraction of sp³-hybridized carbons (Fsp3) is 0.205. The summed E-state index contributed by atoms with van der Waals surface area (Å²) in [6.07, 6.45) is 0.701. The second-order valence-electron chi connectivity index (χ2n) is 12.2. The number of ether oxygens (including phenoxy) is 4. The number of hydrogen-bond donors (Lipinski definition) is 2. The van der Waals surface area contributed by atoms with Gasteiger partial charge in [0.15, 0.2) is 0 Å². The van der Waals surface area contributed by atoms with E-state index in [1.165, 1.54) is 6.33 Å². The highest BCUT2D eigenvalue weighted by Crippen LogP contribution is 2.44. The van der Waals surface area contributed by atoms with Crippen molar-refractivity contribution in [2.75, 3.05) is 26.1 Å². The molecule has 0 aliphatic carbocycles. The molecule has 1 unspecified atom stereocenters. The summed E-state index contributed by atoms with van der Waals surface area (Å²) >= 11 is 6.75. The van der Waals surface area contributed by atoms with Crippen LogP contribution in [-0.4, -0.2) is 58.4 Å². The summed E-state index contributed by atoms with van der Waals surface area (Å²) in [5, 5.41) is 3.52. The van der Waals surface area contributed by atoms with Crippen molar-refractivity contribution in [2.24, 2.45) is 0 Å². The van der Waals surface area contributed by atoms with E-state index >= 15 is 0 Å².